The van der Waals surface area contributed by atoms with Gasteiger partial charge in [0.1, 0.15) is 9.90 Å². The molecule has 0 aliphatic carbocycles. The second-order valence-corrected chi connectivity index (χ2v) is 6.80. The Morgan fingerprint density at radius 3 is 2.65 bits per heavy atom. The van der Waals surface area contributed by atoms with Crippen LogP contribution < -0.4 is 10.6 Å². The van der Waals surface area contributed by atoms with Gasteiger partial charge in [-0.3, -0.25) is 0 Å². The smallest absolute Gasteiger partial charge is 0.184 e. The summed E-state index contributed by atoms with van der Waals surface area (Å²) >= 11 is 1.03. The molecule has 6 nitrogen and oxygen atoms in total. The maximum atomic E-state index is 11.9. The Morgan fingerprint density at radius 2 is 2.18 bits per heavy atom. The van der Waals surface area contributed by atoms with Gasteiger partial charge in [-0.25, -0.2) is 8.42 Å². The van der Waals surface area contributed by atoms with Gasteiger partial charge in [-0.1, -0.05) is 6.92 Å². The SMILES string of the molecule is CCS(=O)(=O)c1c(N)nsc1N(C)CC(C)O. The van der Waals surface area contributed by atoms with Gasteiger partial charge in [0.25, 0.3) is 0 Å². The fourth-order valence-corrected chi connectivity index (χ4v) is 3.75. The molecule has 8 heteroatoms. The number of aliphatic hydroxyl groups excluding tert-OH is 1. The number of likely N-dealkylation sites (N-methyl/N-ethyl adjacent to an activating group) is 1. The van der Waals surface area contributed by atoms with Crippen molar-refractivity contribution in [2.45, 2.75) is 24.8 Å². The molecule has 0 saturated heterocycles. The van der Waals surface area contributed by atoms with E-state index in [2.05, 4.69) is 4.37 Å². The Balaban J connectivity index is 3.19. The Morgan fingerprint density at radius 1 is 1.59 bits per heavy atom. The van der Waals surface area contributed by atoms with E-state index in [9.17, 15) is 13.5 Å². The summed E-state index contributed by atoms with van der Waals surface area (Å²) in [6.45, 7) is 3.52. The Kier molecular flexibility index (Phi) is 4.34. The average Bonchev–Trinajstić information content (AvgIpc) is 2.60. The fraction of sp³-hybridized carbons (Fsp3) is 0.667. The van der Waals surface area contributed by atoms with Crippen molar-refractivity contribution in [3.8, 4) is 0 Å². The molecule has 0 fully saturated rings. The van der Waals surface area contributed by atoms with Crippen LogP contribution in [0.25, 0.3) is 0 Å². The van der Waals surface area contributed by atoms with E-state index >= 15 is 0 Å². The summed E-state index contributed by atoms with van der Waals surface area (Å²) in [7, 11) is -1.69. The van der Waals surface area contributed by atoms with Crippen molar-refractivity contribution in [1.82, 2.24) is 4.37 Å². The molecular formula is C9H17N3O3S2. The molecule has 1 heterocycles. The lowest BCUT2D eigenvalue weighted by molar-refractivity contribution is 0.201. The van der Waals surface area contributed by atoms with Gasteiger partial charge in [0.2, 0.25) is 0 Å². The van der Waals surface area contributed by atoms with E-state index in [1.165, 1.54) is 0 Å². The third-order valence-electron chi connectivity index (χ3n) is 2.23. The van der Waals surface area contributed by atoms with Crippen LogP contribution in [-0.4, -0.2) is 43.3 Å². The monoisotopic (exact) mass is 279 g/mol. The van der Waals surface area contributed by atoms with E-state index in [0.717, 1.165) is 11.5 Å². The van der Waals surface area contributed by atoms with Crippen molar-refractivity contribution >= 4 is 32.2 Å². The molecule has 0 radical (unpaired) electrons. The number of nitrogens with zero attached hydrogens (tertiary/aromatic N) is 2. The zero-order valence-electron chi connectivity index (χ0n) is 10.0. The van der Waals surface area contributed by atoms with Crippen LogP contribution in [0.5, 0.6) is 0 Å². The van der Waals surface area contributed by atoms with E-state index in [0.29, 0.717) is 11.5 Å². The van der Waals surface area contributed by atoms with E-state index in [1.807, 2.05) is 0 Å². The van der Waals surface area contributed by atoms with Crippen molar-refractivity contribution in [2.75, 3.05) is 30.0 Å². The molecule has 0 aliphatic heterocycles. The molecule has 0 aromatic carbocycles. The lowest BCUT2D eigenvalue weighted by atomic mass is 10.4. The molecule has 0 bridgehead atoms. The number of sulfone groups is 1. The predicted octanol–water partition coefficient (Wildman–Crippen LogP) is 0.336. The third-order valence-corrected chi connectivity index (χ3v) is 5.12. The minimum absolute atomic E-state index is 0.0227. The zero-order valence-corrected chi connectivity index (χ0v) is 11.7. The molecule has 17 heavy (non-hydrogen) atoms. The first-order chi connectivity index (χ1) is 7.79. The second-order valence-electron chi connectivity index (χ2n) is 3.84. The highest BCUT2D eigenvalue weighted by Crippen LogP contribution is 2.34. The Hall–Kier alpha value is -0.860. The van der Waals surface area contributed by atoms with Crippen molar-refractivity contribution in [3.05, 3.63) is 0 Å². The van der Waals surface area contributed by atoms with E-state index < -0.39 is 15.9 Å². The van der Waals surface area contributed by atoms with Crippen molar-refractivity contribution in [1.29, 1.82) is 0 Å². The average molecular weight is 279 g/mol. The molecule has 0 aliphatic rings. The van der Waals surface area contributed by atoms with Crippen LogP contribution in [0.3, 0.4) is 0 Å². The highest BCUT2D eigenvalue weighted by molar-refractivity contribution is 7.91. The van der Waals surface area contributed by atoms with Gasteiger partial charge in [0, 0.05) is 13.6 Å². The largest absolute Gasteiger partial charge is 0.392 e. The summed E-state index contributed by atoms with van der Waals surface area (Å²) in [5.74, 6) is 0.00907. The molecule has 1 rings (SSSR count). The standard InChI is InChI=1S/C9H17N3O3S2/c1-4-17(14,15)7-8(10)11-16-9(7)12(3)5-6(2)13/h6,13H,4-5H2,1-3H3,(H2,10,11). The van der Waals surface area contributed by atoms with Crippen LogP contribution in [0.4, 0.5) is 10.8 Å². The van der Waals surface area contributed by atoms with Gasteiger partial charge in [-0.2, -0.15) is 4.37 Å². The molecule has 1 unspecified atom stereocenters. The van der Waals surface area contributed by atoms with E-state index in [-0.39, 0.29) is 16.5 Å². The molecule has 98 valence electrons. The van der Waals surface area contributed by atoms with Crippen molar-refractivity contribution < 1.29 is 13.5 Å². The number of aliphatic hydroxyl groups is 1. The first kappa shape index (κ1) is 14.2. The van der Waals surface area contributed by atoms with Gasteiger partial charge >= 0.3 is 0 Å². The molecule has 1 aromatic heterocycles. The predicted molar refractivity (Wildman–Crippen MR) is 69.2 cm³/mol. The van der Waals surface area contributed by atoms with Crippen molar-refractivity contribution in [2.24, 2.45) is 0 Å². The maximum absolute atomic E-state index is 11.9. The van der Waals surface area contributed by atoms with Gasteiger partial charge in [-0.15, -0.1) is 0 Å². The zero-order chi connectivity index (χ0) is 13.2. The summed E-state index contributed by atoms with van der Waals surface area (Å²) in [5.41, 5.74) is 5.60. The second kappa shape index (κ2) is 5.19. The first-order valence-electron chi connectivity index (χ1n) is 5.16. The minimum Gasteiger partial charge on any atom is -0.392 e. The number of rotatable bonds is 5. The fourth-order valence-electron chi connectivity index (χ4n) is 1.44. The van der Waals surface area contributed by atoms with Gasteiger partial charge in [0.15, 0.2) is 15.7 Å². The molecular weight excluding hydrogens is 262 g/mol. The number of nitrogen functional groups attached to an aromatic ring is 1. The van der Waals surface area contributed by atoms with Gasteiger partial charge < -0.3 is 15.7 Å². The van der Waals surface area contributed by atoms with Crippen LogP contribution in [0.2, 0.25) is 0 Å². The number of hydrogen-bond acceptors (Lipinski definition) is 7. The Labute approximate surface area is 105 Å². The molecule has 3 N–H and O–H groups in total. The van der Waals surface area contributed by atoms with Gasteiger partial charge in [-0.05, 0) is 18.5 Å². The number of anilines is 2. The molecule has 0 saturated carbocycles. The first-order valence-corrected chi connectivity index (χ1v) is 7.59. The lowest BCUT2D eigenvalue weighted by Crippen LogP contribution is -2.27. The molecule has 1 atom stereocenters. The van der Waals surface area contributed by atoms with E-state index in [1.54, 1.807) is 25.8 Å². The molecule has 1 aromatic rings. The Bertz CT molecular complexity index is 482. The summed E-state index contributed by atoms with van der Waals surface area (Å²) in [4.78, 5) is 1.73. The normalized spacial score (nSPS) is 13.6. The van der Waals surface area contributed by atoms with Crippen LogP contribution in [0.15, 0.2) is 4.90 Å². The number of aromatic nitrogens is 1. The number of nitrogens with two attached hydrogens (primary N) is 1. The van der Waals surface area contributed by atoms with Crippen molar-refractivity contribution in [3.63, 3.8) is 0 Å². The van der Waals surface area contributed by atoms with Crippen LogP contribution in [-0.2, 0) is 9.84 Å². The maximum Gasteiger partial charge on any atom is 0.184 e. The summed E-state index contributed by atoms with van der Waals surface area (Å²) < 4.78 is 27.7. The third kappa shape index (κ3) is 3.08. The topological polar surface area (TPSA) is 96.5 Å². The summed E-state index contributed by atoms with van der Waals surface area (Å²) in [5, 5.41) is 9.78. The summed E-state index contributed by atoms with van der Waals surface area (Å²) in [6, 6.07) is 0. The lowest BCUT2D eigenvalue weighted by Gasteiger charge is -2.19. The van der Waals surface area contributed by atoms with Crippen LogP contribution >= 0.6 is 11.5 Å². The summed E-state index contributed by atoms with van der Waals surface area (Å²) in [6.07, 6.45) is -0.555. The van der Waals surface area contributed by atoms with Crippen LogP contribution in [0, 0.1) is 0 Å². The molecule has 0 spiro atoms. The number of hydrogen-bond donors (Lipinski definition) is 2. The highest BCUT2D eigenvalue weighted by Gasteiger charge is 2.26. The highest BCUT2D eigenvalue weighted by atomic mass is 32.2. The van der Waals surface area contributed by atoms with E-state index in [4.69, 9.17) is 5.73 Å². The van der Waals surface area contributed by atoms with Crippen LogP contribution in [0.1, 0.15) is 13.8 Å². The minimum atomic E-state index is -3.40. The van der Waals surface area contributed by atoms with Gasteiger partial charge in [0.05, 0.1) is 11.9 Å². The quantitative estimate of drug-likeness (QED) is 0.806. The molecule has 0 amide bonds.